The summed E-state index contributed by atoms with van der Waals surface area (Å²) in [5, 5.41) is 3.36. The maximum Gasteiger partial charge on any atom is 0.315 e. The second-order valence-corrected chi connectivity index (χ2v) is 3.20. The van der Waals surface area contributed by atoms with Crippen LogP contribution in [0, 0.1) is 5.41 Å². The lowest BCUT2D eigenvalue weighted by atomic mass is 9.88. The molecule has 1 rings (SSSR count). The Bertz CT molecular complexity index is 230. The minimum atomic E-state index is -0.660. The van der Waals surface area contributed by atoms with Crippen molar-refractivity contribution in [2.45, 2.75) is 19.9 Å². The van der Waals surface area contributed by atoms with Crippen molar-refractivity contribution in [2.75, 3.05) is 6.61 Å². The summed E-state index contributed by atoms with van der Waals surface area (Å²) >= 11 is 0. The number of ether oxygens (including phenoxy) is 1. The van der Waals surface area contributed by atoms with E-state index in [0.29, 0.717) is 6.61 Å². The first-order valence-electron chi connectivity index (χ1n) is 3.29. The van der Waals surface area contributed by atoms with Crippen LogP contribution in [0.2, 0.25) is 0 Å². The number of carbonyl (C=O) groups is 1. The fraction of sp³-hybridized carbons (Fsp3) is 0.833. The van der Waals surface area contributed by atoms with Crippen molar-refractivity contribution in [3.8, 4) is 0 Å². The molecule has 0 radical (unpaired) electrons. The molecule has 0 aromatic carbocycles. The zero-order valence-electron chi connectivity index (χ0n) is 6.44. The van der Waals surface area contributed by atoms with E-state index in [0.717, 1.165) is 0 Å². The molecule has 0 aromatic rings. The molecule has 1 aliphatic heterocycles. The lowest BCUT2D eigenvalue weighted by molar-refractivity contribution is -0.138. The molecule has 1 aliphatic rings. The van der Waals surface area contributed by atoms with Crippen LogP contribution in [0.1, 0.15) is 13.8 Å². The van der Waals surface area contributed by atoms with Crippen LogP contribution in [-0.2, 0) is 9.53 Å². The minimum absolute atomic E-state index is 0.329. The van der Waals surface area contributed by atoms with E-state index >= 15 is 0 Å². The Kier molecular flexibility index (Phi) is 1.74. The van der Waals surface area contributed by atoms with E-state index in [4.69, 9.17) is 10.3 Å². The SMILES string of the molecule is CC1(C)COC(=O)C1N=[N+]=[N-]. The van der Waals surface area contributed by atoms with Crippen LogP contribution in [0.15, 0.2) is 5.11 Å². The van der Waals surface area contributed by atoms with Crippen LogP contribution < -0.4 is 0 Å². The van der Waals surface area contributed by atoms with Crippen molar-refractivity contribution < 1.29 is 9.53 Å². The molecule has 1 atom stereocenters. The summed E-state index contributed by atoms with van der Waals surface area (Å²) in [6.07, 6.45) is 0. The van der Waals surface area contributed by atoms with Crippen LogP contribution in [0.4, 0.5) is 0 Å². The van der Waals surface area contributed by atoms with E-state index in [9.17, 15) is 4.79 Å². The third-order valence-electron chi connectivity index (χ3n) is 1.72. The molecule has 0 amide bonds. The zero-order chi connectivity index (χ0) is 8.48. The molecule has 5 nitrogen and oxygen atoms in total. The number of carbonyl (C=O) groups excluding carboxylic acids is 1. The summed E-state index contributed by atoms with van der Waals surface area (Å²) in [6.45, 7) is 3.99. The van der Waals surface area contributed by atoms with E-state index in [1.54, 1.807) is 0 Å². The summed E-state index contributed by atoms with van der Waals surface area (Å²) in [7, 11) is 0. The molecule has 60 valence electrons. The Hall–Kier alpha value is -1.22. The van der Waals surface area contributed by atoms with Gasteiger partial charge in [-0.1, -0.05) is 19.0 Å². The molecule has 11 heavy (non-hydrogen) atoms. The van der Waals surface area contributed by atoms with Gasteiger partial charge in [0.05, 0.1) is 6.61 Å². The average molecular weight is 155 g/mol. The summed E-state index contributed by atoms with van der Waals surface area (Å²) in [5.74, 6) is -0.423. The van der Waals surface area contributed by atoms with Crippen molar-refractivity contribution in [1.29, 1.82) is 0 Å². The molecule has 5 heteroatoms. The van der Waals surface area contributed by atoms with E-state index in [1.807, 2.05) is 13.8 Å². The lowest BCUT2D eigenvalue weighted by Gasteiger charge is -2.16. The molecule has 0 spiro atoms. The maximum atomic E-state index is 10.9. The molecule has 0 N–H and O–H groups in total. The first-order chi connectivity index (χ1) is 5.08. The third kappa shape index (κ3) is 1.28. The Morgan fingerprint density at radius 2 is 2.45 bits per heavy atom. The topological polar surface area (TPSA) is 75.1 Å². The molecule has 1 unspecified atom stereocenters. The second-order valence-electron chi connectivity index (χ2n) is 3.20. The van der Waals surface area contributed by atoms with Gasteiger partial charge in [-0.3, -0.25) is 4.79 Å². The third-order valence-corrected chi connectivity index (χ3v) is 1.72. The normalized spacial score (nSPS) is 27.5. The van der Waals surface area contributed by atoms with Gasteiger partial charge in [-0.2, -0.15) is 0 Å². The van der Waals surface area contributed by atoms with Gasteiger partial charge in [-0.05, 0) is 5.53 Å². The van der Waals surface area contributed by atoms with Gasteiger partial charge in [0.2, 0.25) is 0 Å². The molecule has 0 saturated carbocycles. The molecule has 0 bridgehead atoms. The van der Waals surface area contributed by atoms with Gasteiger partial charge in [0.25, 0.3) is 0 Å². The molecule has 1 fully saturated rings. The van der Waals surface area contributed by atoms with Crippen molar-refractivity contribution in [3.63, 3.8) is 0 Å². The Labute approximate surface area is 64.0 Å². The molecular weight excluding hydrogens is 146 g/mol. The minimum Gasteiger partial charge on any atom is -0.465 e. The lowest BCUT2D eigenvalue weighted by Crippen LogP contribution is -2.27. The monoisotopic (exact) mass is 155 g/mol. The number of esters is 1. The summed E-state index contributed by atoms with van der Waals surface area (Å²) in [4.78, 5) is 13.5. The highest BCUT2D eigenvalue weighted by atomic mass is 16.5. The van der Waals surface area contributed by atoms with E-state index < -0.39 is 12.0 Å². The van der Waals surface area contributed by atoms with Gasteiger partial charge in [0.1, 0.15) is 6.04 Å². The van der Waals surface area contributed by atoms with Crippen LogP contribution in [-0.4, -0.2) is 18.6 Å². The largest absolute Gasteiger partial charge is 0.465 e. The predicted molar refractivity (Wildman–Crippen MR) is 37.7 cm³/mol. The Morgan fingerprint density at radius 3 is 2.82 bits per heavy atom. The van der Waals surface area contributed by atoms with Crippen LogP contribution in [0.25, 0.3) is 10.4 Å². The zero-order valence-corrected chi connectivity index (χ0v) is 6.44. The van der Waals surface area contributed by atoms with Gasteiger partial charge < -0.3 is 4.74 Å². The van der Waals surface area contributed by atoms with Gasteiger partial charge in [0.15, 0.2) is 0 Å². The Morgan fingerprint density at radius 1 is 1.82 bits per heavy atom. The first-order valence-corrected chi connectivity index (χ1v) is 3.29. The first kappa shape index (κ1) is 7.88. The van der Waals surface area contributed by atoms with Gasteiger partial charge in [0, 0.05) is 10.3 Å². The van der Waals surface area contributed by atoms with Gasteiger partial charge in [-0.15, -0.1) is 0 Å². The number of hydrogen-bond donors (Lipinski definition) is 0. The van der Waals surface area contributed by atoms with Crippen molar-refractivity contribution in [1.82, 2.24) is 0 Å². The highest BCUT2D eigenvalue weighted by molar-refractivity contribution is 5.79. The molecular formula is C6H9N3O2. The molecule has 0 aromatic heterocycles. The summed E-state index contributed by atoms with van der Waals surface area (Å²) in [5.41, 5.74) is 7.77. The summed E-state index contributed by atoms with van der Waals surface area (Å²) in [6, 6.07) is -0.660. The van der Waals surface area contributed by atoms with Gasteiger partial charge >= 0.3 is 5.97 Å². The van der Waals surface area contributed by atoms with Crippen molar-refractivity contribution in [2.24, 2.45) is 10.5 Å². The van der Waals surface area contributed by atoms with Crippen molar-refractivity contribution in [3.05, 3.63) is 10.4 Å². The van der Waals surface area contributed by atoms with Crippen molar-refractivity contribution >= 4 is 5.97 Å². The Balaban J connectivity index is 2.88. The van der Waals surface area contributed by atoms with E-state index in [-0.39, 0.29) is 5.41 Å². The maximum absolute atomic E-state index is 10.9. The van der Waals surface area contributed by atoms with Crippen LogP contribution in [0.3, 0.4) is 0 Å². The quantitative estimate of drug-likeness (QED) is 0.247. The number of azide groups is 1. The predicted octanol–water partition coefficient (Wildman–Crippen LogP) is 1.25. The average Bonchev–Trinajstić information content (AvgIpc) is 2.16. The highest BCUT2D eigenvalue weighted by Crippen LogP contribution is 2.30. The number of rotatable bonds is 1. The van der Waals surface area contributed by atoms with Crippen LogP contribution in [0.5, 0.6) is 0 Å². The fourth-order valence-corrected chi connectivity index (χ4v) is 0.989. The fourth-order valence-electron chi connectivity index (χ4n) is 0.989. The summed E-state index contributed by atoms with van der Waals surface area (Å²) < 4.78 is 4.73. The smallest absolute Gasteiger partial charge is 0.315 e. The number of hydrogen-bond acceptors (Lipinski definition) is 3. The van der Waals surface area contributed by atoms with E-state index in [1.165, 1.54) is 0 Å². The highest BCUT2D eigenvalue weighted by Gasteiger charge is 2.42. The standard InChI is InChI=1S/C6H9N3O2/c1-6(2)3-11-5(10)4(6)8-9-7/h4H,3H2,1-2H3. The molecule has 1 saturated heterocycles. The van der Waals surface area contributed by atoms with Gasteiger partial charge in [-0.25, -0.2) is 0 Å². The van der Waals surface area contributed by atoms with Crippen LogP contribution >= 0.6 is 0 Å². The van der Waals surface area contributed by atoms with E-state index in [2.05, 4.69) is 10.0 Å². The number of cyclic esters (lactones) is 1. The number of nitrogens with zero attached hydrogens (tertiary/aromatic N) is 3. The second kappa shape index (κ2) is 2.43. The molecule has 0 aliphatic carbocycles. The molecule has 1 heterocycles.